The van der Waals surface area contributed by atoms with Crippen LogP contribution in [-0.2, 0) is 24.6 Å². The minimum atomic E-state index is -0.0540. The largest absolute Gasteiger partial charge is 0.369 e. The van der Waals surface area contributed by atoms with E-state index in [0.29, 0.717) is 5.92 Å². The number of nitrogens with zero attached hydrogens (tertiary/aromatic N) is 4. The fraction of sp³-hybridized carbons (Fsp3) is 0.632. The zero-order valence-corrected chi connectivity index (χ0v) is 15.7. The molecule has 4 heterocycles. The summed E-state index contributed by atoms with van der Waals surface area (Å²) in [5, 5.41) is 4.58. The van der Waals surface area contributed by atoms with Crippen molar-refractivity contribution < 1.29 is 9.53 Å². The first-order chi connectivity index (χ1) is 12.5. The Balaban J connectivity index is 1.46. The molecule has 2 aromatic heterocycles. The Morgan fingerprint density at radius 3 is 2.81 bits per heavy atom. The molecule has 0 aromatic carbocycles. The van der Waals surface area contributed by atoms with E-state index >= 15 is 0 Å². The summed E-state index contributed by atoms with van der Waals surface area (Å²) < 4.78 is 7.61. The van der Waals surface area contributed by atoms with Gasteiger partial charge >= 0.3 is 0 Å². The van der Waals surface area contributed by atoms with Crippen LogP contribution >= 0.6 is 0 Å². The lowest BCUT2D eigenvalue weighted by Crippen LogP contribution is -2.40. The van der Waals surface area contributed by atoms with Crippen molar-refractivity contribution in [2.45, 2.75) is 51.7 Å². The number of H-pyrrole nitrogens is 1. The van der Waals surface area contributed by atoms with Gasteiger partial charge < -0.3 is 14.6 Å². The second kappa shape index (κ2) is 6.87. The molecule has 4 rings (SSSR count). The lowest BCUT2D eigenvalue weighted by molar-refractivity contribution is -0.00715. The maximum absolute atomic E-state index is 13.2. The standard InChI is InChI=1S/C19H27N5O2/c1-12-8-16-17(13(2)26-12)22-23(3)18(16)19(25)24-6-4-14(5-7-24)9-15-10-20-11-21-15/h10-14H,4-9H2,1-3H3,(H,20,21)/t12-,13+/m1/s1. The third-order valence-electron chi connectivity index (χ3n) is 5.66. The molecule has 0 spiro atoms. The van der Waals surface area contributed by atoms with Gasteiger partial charge in [-0.3, -0.25) is 9.48 Å². The summed E-state index contributed by atoms with van der Waals surface area (Å²) in [6, 6.07) is 0. The molecule has 1 N–H and O–H groups in total. The van der Waals surface area contributed by atoms with Gasteiger partial charge in [0.1, 0.15) is 5.69 Å². The van der Waals surface area contributed by atoms with Gasteiger partial charge in [-0.05, 0) is 39.0 Å². The van der Waals surface area contributed by atoms with Crippen molar-refractivity contribution in [3.05, 3.63) is 35.2 Å². The molecule has 0 aliphatic carbocycles. The van der Waals surface area contributed by atoms with Crippen molar-refractivity contribution in [2.24, 2.45) is 13.0 Å². The van der Waals surface area contributed by atoms with Crippen LogP contribution in [0.2, 0.25) is 0 Å². The van der Waals surface area contributed by atoms with Crippen LogP contribution in [0.3, 0.4) is 0 Å². The van der Waals surface area contributed by atoms with Gasteiger partial charge in [0.25, 0.3) is 5.91 Å². The zero-order valence-electron chi connectivity index (χ0n) is 15.7. The second-order valence-electron chi connectivity index (χ2n) is 7.65. The molecule has 0 bridgehead atoms. The number of hydrogen-bond acceptors (Lipinski definition) is 4. The van der Waals surface area contributed by atoms with Crippen molar-refractivity contribution >= 4 is 5.91 Å². The quantitative estimate of drug-likeness (QED) is 0.914. The van der Waals surface area contributed by atoms with E-state index in [-0.39, 0.29) is 18.1 Å². The topological polar surface area (TPSA) is 76.0 Å². The van der Waals surface area contributed by atoms with Crippen LogP contribution in [-0.4, -0.2) is 49.7 Å². The van der Waals surface area contributed by atoms with Gasteiger partial charge in [-0.15, -0.1) is 0 Å². The van der Waals surface area contributed by atoms with Crippen LogP contribution in [0.15, 0.2) is 12.5 Å². The summed E-state index contributed by atoms with van der Waals surface area (Å²) in [4.78, 5) is 22.5. The van der Waals surface area contributed by atoms with E-state index in [1.165, 1.54) is 5.69 Å². The number of piperidine rings is 1. The van der Waals surface area contributed by atoms with Gasteiger partial charge in [0, 0.05) is 44.0 Å². The predicted octanol–water partition coefficient (Wildman–Crippen LogP) is 2.26. The second-order valence-corrected chi connectivity index (χ2v) is 7.65. The van der Waals surface area contributed by atoms with E-state index in [1.807, 2.05) is 25.1 Å². The first-order valence-electron chi connectivity index (χ1n) is 9.50. The van der Waals surface area contributed by atoms with E-state index in [1.54, 1.807) is 11.0 Å². The Morgan fingerprint density at radius 1 is 1.35 bits per heavy atom. The highest BCUT2D eigenvalue weighted by Crippen LogP contribution is 2.32. The van der Waals surface area contributed by atoms with Crippen LogP contribution in [0.4, 0.5) is 0 Å². The smallest absolute Gasteiger partial charge is 0.272 e. The fourth-order valence-electron chi connectivity index (χ4n) is 4.33. The van der Waals surface area contributed by atoms with Crippen molar-refractivity contribution in [2.75, 3.05) is 13.1 Å². The van der Waals surface area contributed by atoms with Gasteiger partial charge in [0.05, 0.1) is 24.2 Å². The number of aromatic nitrogens is 4. The molecule has 26 heavy (non-hydrogen) atoms. The molecule has 1 fully saturated rings. The summed E-state index contributed by atoms with van der Waals surface area (Å²) in [6.45, 7) is 5.68. The van der Waals surface area contributed by atoms with Gasteiger partial charge in [-0.1, -0.05) is 0 Å². The van der Waals surface area contributed by atoms with Crippen molar-refractivity contribution in [3.8, 4) is 0 Å². The zero-order chi connectivity index (χ0) is 18.3. The average Bonchev–Trinajstić information content (AvgIpc) is 3.22. The maximum atomic E-state index is 13.2. The molecule has 1 amide bonds. The number of aromatic amines is 1. The third kappa shape index (κ3) is 3.16. The Morgan fingerprint density at radius 2 is 2.12 bits per heavy atom. The number of amides is 1. The van der Waals surface area contributed by atoms with Gasteiger partial charge in [-0.2, -0.15) is 5.10 Å². The van der Waals surface area contributed by atoms with Crippen LogP contribution < -0.4 is 0 Å². The number of ether oxygens (including phenoxy) is 1. The summed E-state index contributed by atoms with van der Waals surface area (Å²) in [5.74, 6) is 0.718. The minimum absolute atomic E-state index is 0.0540. The van der Waals surface area contributed by atoms with Crippen molar-refractivity contribution in [1.82, 2.24) is 24.6 Å². The van der Waals surface area contributed by atoms with E-state index < -0.39 is 0 Å². The number of hydrogen-bond donors (Lipinski definition) is 1. The van der Waals surface area contributed by atoms with E-state index in [0.717, 1.165) is 55.7 Å². The number of carbonyl (C=O) groups is 1. The summed E-state index contributed by atoms with van der Waals surface area (Å²) >= 11 is 0. The number of likely N-dealkylation sites (tertiary alicyclic amines) is 1. The van der Waals surface area contributed by atoms with E-state index in [9.17, 15) is 4.79 Å². The van der Waals surface area contributed by atoms with Gasteiger partial charge in [0.2, 0.25) is 0 Å². The maximum Gasteiger partial charge on any atom is 0.272 e. The Bertz CT molecular complexity index is 774. The number of imidazole rings is 1. The molecule has 2 atom stereocenters. The lowest BCUT2D eigenvalue weighted by Gasteiger charge is -2.32. The lowest BCUT2D eigenvalue weighted by atomic mass is 9.92. The molecule has 0 radical (unpaired) electrons. The highest BCUT2D eigenvalue weighted by Gasteiger charge is 2.34. The van der Waals surface area contributed by atoms with Crippen LogP contribution in [0, 0.1) is 5.92 Å². The van der Waals surface area contributed by atoms with Crippen molar-refractivity contribution in [1.29, 1.82) is 0 Å². The summed E-state index contributed by atoms with van der Waals surface area (Å²) in [7, 11) is 1.87. The van der Waals surface area contributed by atoms with Gasteiger partial charge in [-0.25, -0.2) is 4.98 Å². The average molecular weight is 357 g/mol. The molecule has 1 saturated heterocycles. The molecule has 2 aliphatic heterocycles. The number of fused-ring (bicyclic) bond motifs is 1. The third-order valence-corrected chi connectivity index (χ3v) is 5.66. The van der Waals surface area contributed by atoms with E-state index in [2.05, 4.69) is 22.0 Å². The molecule has 140 valence electrons. The van der Waals surface area contributed by atoms with Crippen LogP contribution in [0.25, 0.3) is 0 Å². The fourth-order valence-corrected chi connectivity index (χ4v) is 4.33. The van der Waals surface area contributed by atoms with E-state index in [4.69, 9.17) is 4.74 Å². The predicted molar refractivity (Wildman–Crippen MR) is 96.8 cm³/mol. The van der Waals surface area contributed by atoms with Crippen molar-refractivity contribution in [3.63, 3.8) is 0 Å². The molecule has 0 saturated carbocycles. The molecule has 7 heteroatoms. The van der Waals surface area contributed by atoms with Crippen LogP contribution in [0.1, 0.15) is 60.2 Å². The Hall–Kier alpha value is -2.15. The normalized spacial score (nSPS) is 23.9. The Kier molecular flexibility index (Phi) is 4.56. The number of nitrogens with one attached hydrogen (secondary N) is 1. The van der Waals surface area contributed by atoms with Gasteiger partial charge in [0.15, 0.2) is 0 Å². The Labute approximate surface area is 153 Å². The molecule has 2 aromatic rings. The van der Waals surface area contributed by atoms with Crippen LogP contribution in [0.5, 0.6) is 0 Å². The number of carbonyl (C=O) groups excluding carboxylic acids is 1. The minimum Gasteiger partial charge on any atom is -0.369 e. The molecular weight excluding hydrogens is 330 g/mol. The summed E-state index contributed by atoms with van der Waals surface area (Å²) in [6.07, 6.45) is 7.51. The highest BCUT2D eigenvalue weighted by atomic mass is 16.5. The summed E-state index contributed by atoms with van der Waals surface area (Å²) in [5.41, 5.74) is 3.92. The first-order valence-corrected chi connectivity index (χ1v) is 9.50. The molecule has 0 unspecified atom stereocenters. The number of rotatable bonds is 3. The molecular formula is C19H27N5O2. The number of aryl methyl sites for hydroxylation is 1. The first kappa shape index (κ1) is 17.3. The highest BCUT2D eigenvalue weighted by molar-refractivity contribution is 5.94. The monoisotopic (exact) mass is 357 g/mol. The molecule has 2 aliphatic rings. The SMILES string of the molecule is C[C@@H]1Cc2c(nn(C)c2C(=O)N2CCC(Cc3cnc[nH]3)CC2)[C@H](C)O1. The molecule has 7 nitrogen and oxygen atoms in total.